The largest absolute Gasteiger partial charge is 0.507 e. The molecule has 2 heterocycles. The summed E-state index contributed by atoms with van der Waals surface area (Å²) in [6.07, 6.45) is 1.61. The zero-order valence-electron chi connectivity index (χ0n) is 23.2. The molecule has 8 nitrogen and oxygen atoms in total. The van der Waals surface area contributed by atoms with Crippen molar-refractivity contribution in [2.24, 2.45) is 5.92 Å². The fourth-order valence-corrected chi connectivity index (χ4v) is 4.99. The van der Waals surface area contributed by atoms with Gasteiger partial charge in [-0.05, 0) is 43.4 Å². The second-order valence-corrected chi connectivity index (χ2v) is 10.3. The predicted octanol–water partition coefficient (Wildman–Crippen LogP) is 4.65. The highest BCUT2D eigenvalue weighted by Gasteiger charge is 2.46. The number of aliphatic hydroxyl groups is 1. The zero-order valence-corrected chi connectivity index (χ0v) is 23.2. The fraction of sp³-hybridized carbons (Fsp3) is 0.484. The van der Waals surface area contributed by atoms with E-state index in [1.807, 2.05) is 31.2 Å². The van der Waals surface area contributed by atoms with E-state index in [-0.39, 0.29) is 11.3 Å². The van der Waals surface area contributed by atoms with Crippen LogP contribution in [0.5, 0.6) is 11.5 Å². The van der Waals surface area contributed by atoms with E-state index in [0.29, 0.717) is 67.9 Å². The standard InChI is InChI=1S/C31H40N2O6/c1-4-38-26-21-24(11-12-25(26)39-18-13-22(2)3)28-27(29(34)23-9-6-5-7-10-23)30(35)31(36)33(28)15-8-14-32-16-19-37-20-17-32/h5-7,9-12,21-22,28,34H,4,8,13-20H2,1-3H3. The van der Waals surface area contributed by atoms with Crippen LogP contribution in [0.25, 0.3) is 5.76 Å². The third-order valence-corrected chi connectivity index (χ3v) is 7.10. The summed E-state index contributed by atoms with van der Waals surface area (Å²) in [6, 6.07) is 13.7. The van der Waals surface area contributed by atoms with Crippen LogP contribution >= 0.6 is 0 Å². The Morgan fingerprint density at radius 2 is 1.77 bits per heavy atom. The quantitative estimate of drug-likeness (QED) is 0.240. The maximum absolute atomic E-state index is 13.4. The van der Waals surface area contributed by atoms with E-state index < -0.39 is 17.7 Å². The molecule has 39 heavy (non-hydrogen) atoms. The third kappa shape index (κ3) is 6.99. The molecule has 0 spiro atoms. The topological polar surface area (TPSA) is 88.5 Å². The Morgan fingerprint density at radius 1 is 1.03 bits per heavy atom. The third-order valence-electron chi connectivity index (χ3n) is 7.10. The minimum absolute atomic E-state index is 0.0912. The van der Waals surface area contributed by atoms with Gasteiger partial charge in [0.15, 0.2) is 11.5 Å². The highest BCUT2D eigenvalue weighted by Crippen LogP contribution is 2.42. The first-order valence-electron chi connectivity index (χ1n) is 13.9. The van der Waals surface area contributed by atoms with Crippen LogP contribution in [0.2, 0.25) is 0 Å². The molecule has 210 valence electrons. The average Bonchev–Trinajstić information content (AvgIpc) is 3.19. The molecule has 0 saturated carbocycles. The van der Waals surface area contributed by atoms with Crippen molar-refractivity contribution in [3.05, 3.63) is 65.2 Å². The number of rotatable bonds is 12. The van der Waals surface area contributed by atoms with Crippen LogP contribution in [0, 0.1) is 5.92 Å². The number of hydrogen-bond donors (Lipinski definition) is 1. The smallest absolute Gasteiger partial charge is 0.295 e. The number of ether oxygens (including phenoxy) is 3. The molecule has 2 fully saturated rings. The molecule has 0 aliphatic carbocycles. The van der Waals surface area contributed by atoms with Crippen LogP contribution in [0.15, 0.2) is 54.1 Å². The Balaban J connectivity index is 1.68. The lowest BCUT2D eigenvalue weighted by atomic mass is 9.95. The molecule has 1 N–H and O–H groups in total. The summed E-state index contributed by atoms with van der Waals surface area (Å²) in [5.74, 6) is 0.225. The van der Waals surface area contributed by atoms with Gasteiger partial charge in [-0.15, -0.1) is 0 Å². The molecule has 0 radical (unpaired) electrons. The Bertz CT molecular complexity index is 1160. The van der Waals surface area contributed by atoms with Gasteiger partial charge in [0, 0.05) is 31.7 Å². The van der Waals surface area contributed by atoms with Crippen molar-refractivity contribution in [3.8, 4) is 11.5 Å². The van der Waals surface area contributed by atoms with E-state index in [4.69, 9.17) is 14.2 Å². The lowest BCUT2D eigenvalue weighted by Gasteiger charge is -2.29. The summed E-state index contributed by atoms with van der Waals surface area (Å²) >= 11 is 0. The second kappa shape index (κ2) is 13.6. The molecular formula is C31H40N2O6. The molecule has 0 bridgehead atoms. The average molecular weight is 537 g/mol. The van der Waals surface area contributed by atoms with Crippen molar-refractivity contribution in [3.63, 3.8) is 0 Å². The van der Waals surface area contributed by atoms with Gasteiger partial charge in [-0.3, -0.25) is 14.5 Å². The van der Waals surface area contributed by atoms with Gasteiger partial charge in [-0.2, -0.15) is 0 Å². The van der Waals surface area contributed by atoms with Crippen molar-refractivity contribution in [2.45, 2.75) is 39.7 Å². The van der Waals surface area contributed by atoms with Gasteiger partial charge in [0.05, 0.1) is 38.0 Å². The van der Waals surface area contributed by atoms with Crippen molar-refractivity contribution >= 4 is 17.4 Å². The molecular weight excluding hydrogens is 496 g/mol. The Hall–Kier alpha value is -3.36. The molecule has 1 unspecified atom stereocenters. The first-order chi connectivity index (χ1) is 18.9. The molecule has 2 saturated heterocycles. The number of benzene rings is 2. The minimum Gasteiger partial charge on any atom is -0.507 e. The number of nitrogens with zero attached hydrogens (tertiary/aromatic N) is 2. The number of amides is 1. The Kier molecular flexibility index (Phi) is 10.0. The molecule has 2 aliphatic heterocycles. The molecule has 1 atom stereocenters. The highest BCUT2D eigenvalue weighted by molar-refractivity contribution is 6.46. The number of carbonyl (C=O) groups excluding carboxylic acids is 2. The van der Waals surface area contributed by atoms with Crippen molar-refractivity contribution in [1.29, 1.82) is 0 Å². The monoisotopic (exact) mass is 536 g/mol. The number of hydrogen-bond acceptors (Lipinski definition) is 7. The Labute approximate surface area is 231 Å². The summed E-state index contributed by atoms with van der Waals surface area (Å²) in [5.41, 5.74) is 1.28. The van der Waals surface area contributed by atoms with Gasteiger partial charge in [-0.25, -0.2) is 0 Å². The first-order valence-corrected chi connectivity index (χ1v) is 13.9. The van der Waals surface area contributed by atoms with Crippen LogP contribution in [-0.2, 0) is 14.3 Å². The summed E-state index contributed by atoms with van der Waals surface area (Å²) in [4.78, 5) is 30.6. The van der Waals surface area contributed by atoms with Crippen LogP contribution in [0.1, 0.15) is 50.8 Å². The van der Waals surface area contributed by atoms with Gasteiger partial charge in [0.25, 0.3) is 11.7 Å². The van der Waals surface area contributed by atoms with Crippen LogP contribution in [0.4, 0.5) is 0 Å². The van der Waals surface area contributed by atoms with Gasteiger partial charge in [-0.1, -0.05) is 50.2 Å². The SMILES string of the molecule is CCOc1cc(C2C(=C(O)c3ccccc3)C(=O)C(=O)N2CCCN2CCOCC2)ccc1OCCC(C)C. The summed E-state index contributed by atoms with van der Waals surface area (Å²) in [7, 11) is 0. The maximum Gasteiger partial charge on any atom is 0.295 e. The fourth-order valence-electron chi connectivity index (χ4n) is 4.99. The van der Waals surface area contributed by atoms with E-state index in [0.717, 1.165) is 26.1 Å². The van der Waals surface area contributed by atoms with E-state index in [2.05, 4.69) is 18.7 Å². The number of aliphatic hydroxyl groups excluding tert-OH is 1. The predicted molar refractivity (Wildman–Crippen MR) is 150 cm³/mol. The molecule has 2 aromatic rings. The molecule has 0 aromatic heterocycles. The van der Waals surface area contributed by atoms with Gasteiger partial charge in [0.2, 0.25) is 0 Å². The maximum atomic E-state index is 13.4. The lowest BCUT2D eigenvalue weighted by Crippen LogP contribution is -2.39. The van der Waals surface area contributed by atoms with E-state index in [1.54, 1.807) is 29.2 Å². The van der Waals surface area contributed by atoms with Crippen molar-refractivity contribution in [2.75, 3.05) is 52.6 Å². The number of morpholine rings is 1. The summed E-state index contributed by atoms with van der Waals surface area (Å²) in [6.45, 7) is 11.5. The summed E-state index contributed by atoms with van der Waals surface area (Å²) in [5, 5.41) is 11.3. The molecule has 8 heteroatoms. The molecule has 2 aliphatic rings. The first kappa shape index (κ1) is 28.6. The van der Waals surface area contributed by atoms with Gasteiger partial charge in [0.1, 0.15) is 5.76 Å². The van der Waals surface area contributed by atoms with E-state index in [1.165, 1.54) is 0 Å². The normalized spacial score (nSPS) is 19.6. The minimum atomic E-state index is -0.737. The van der Waals surface area contributed by atoms with Gasteiger partial charge < -0.3 is 24.2 Å². The van der Waals surface area contributed by atoms with Crippen molar-refractivity contribution in [1.82, 2.24) is 9.80 Å². The Morgan fingerprint density at radius 3 is 2.46 bits per heavy atom. The number of Topliss-reactive ketones (excluding diaryl/α,β-unsaturated/α-hetero) is 1. The molecule has 2 aromatic carbocycles. The number of carbonyl (C=O) groups is 2. The lowest BCUT2D eigenvalue weighted by molar-refractivity contribution is -0.140. The van der Waals surface area contributed by atoms with Crippen LogP contribution in [-0.4, -0.2) is 79.2 Å². The second-order valence-electron chi connectivity index (χ2n) is 10.3. The number of likely N-dealkylation sites (tertiary alicyclic amines) is 1. The highest BCUT2D eigenvalue weighted by atomic mass is 16.5. The van der Waals surface area contributed by atoms with E-state index >= 15 is 0 Å². The zero-order chi connectivity index (χ0) is 27.8. The molecule has 4 rings (SSSR count). The molecule has 1 amide bonds. The van der Waals surface area contributed by atoms with Crippen LogP contribution in [0.3, 0.4) is 0 Å². The van der Waals surface area contributed by atoms with Crippen LogP contribution < -0.4 is 9.47 Å². The van der Waals surface area contributed by atoms with Gasteiger partial charge >= 0.3 is 0 Å². The van der Waals surface area contributed by atoms with Crippen molar-refractivity contribution < 1.29 is 28.9 Å². The number of ketones is 1. The summed E-state index contributed by atoms with van der Waals surface area (Å²) < 4.78 is 17.4. The van der Waals surface area contributed by atoms with E-state index in [9.17, 15) is 14.7 Å².